The number of imide groups is 1. The summed E-state index contributed by atoms with van der Waals surface area (Å²) >= 11 is 8.16. The molecule has 4 rings (SSSR count). The molecule has 0 radical (unpaired) electrons. The Morgan fingerprint density at radius 2 is 1.97 bits per heavy atom. The number of ether oxygens (including phenoxy) is 2. The van der Waals surface area contributed by atoms with Crippen LogP contribution in [0, 0.1) is 0 Å². The first-order valence-electron chi connectivity index (χ1n) is 9.75. The fourth-order valence-corrected chi connectivity index (χ4v) is 4.94. The van der Waals surface area contributed by atoms with E-state index < -0.39 is 0 Å². The zero-order valence-electron chi connectivity index (χ0n) is 17.0. The first-order valence-corrected chi connectivity index (χ1v) is 11.8. The number of carbonyl (C=O) groups is 3. The fourth-order valence-electron chi connectivity index (χ4n) is 3.05. The zero-order valence-corrected chi connectivity index (χ0v) is 19.4. The normalized spacial score (nSPS) is 17.2. The van der Waals surface area contributed by atoms with Crippen LogP contribution in [-0.4, -0.2) is 47.1 Å². The monoisotopic (exact) mass is 490 g/mol. The SMILES string of the molecule is CC(Sc1ccc(Cl)cc1)C(=O)NCCN1C(=O)S/C(=C\c2ccc3c(c2)OCO3)C1=O. The van der Waals surface area contributed by atoms with Crippen LogP contribution in [0.25, 0.3) is 6.08 Å². The van der Waals surface area contributed by atoms with Crippen molar-refractivity contribution in [2.24, 2.45) is 0 Å². The molecule has 2 aliphatic rings. The van der Waals surface area contributed by atoms with Crippen LogP contribution in [0.4, 0.5) is 4.79 Å². The van der Waals surface area contributed by atoms with Crippen LogP contribution in [0.1, 0.15) is 12.5 Å². The number of amides is 3. The van der Waals surface area contributed by atoms with Crippen LogP contribution >= 0.6 is 35.1 Å². The lowest BCUT2D eigenvalue weighted by molar-refractivity contribution is -0.124. The van der Waals surface area contributed by atoms with E-state index in [1.54, 1.807) is 43.3 Å². The molecular weight excluding hydrogens is 472 g/mol. The molecule has 1 N–H and O–H groups in total. The van der Waals surface area contributed by atoms with Gasteiger partial charge < -0.3 is 14.8 Å². The van der Waals surface area contributed by atoms with Gasteiger partial charge in [0, 0.05) is 23.0 Å². The van der Waals surface area contributed by atoms with E-state index in [0.29, 0.717) is 21.4 Å². The molecule has 0 aromatic heterocycles. The third-order valence-electron chi connectivity index (χ3n) is 4.70. The first kappa shape index (κ1) is 22.6. The van der Waals surface area contributed by atoms with E-state index in [0.717, 1.165) is 27.1 Å². The number of hydrogen-bond donors (Lipinski definition) is 1. The molecule has 166 valence electrons. The summed E-state index contributed by atoms with van der Waals surface area (Å²) in [7, 11) is 0. The molecule has 0 saturated carbocycles. The molecule has 2 aliphatic heterocycles. The lowest BCUT2D eigenvalue weighted by Crippen LogP contribution is -2.39. The molecule has 0 bridgehead atoms. The third-order valence-corrected chi connectivity index (χ3v) is 6.97. The van der Waals surface area contributed by atoms with Crippen molar-refractivity contribution < 1.29 is 23.9 Å². The van der Waals surface area contributed by atoms with E-state index in [9.17, 15) is 14.4 Å². The van der Waals surface area contributed by atoms with Gasteiger partial charge in [-0.15, -0.1) is 11.8 Å². The Labute approximate surface area is 198 Å². The van der Waals surface area contributed by atoms with E-state index in [2.05, 4.69) is 5.32 Å². The highest BCUT2D eigenvalue weighted by Crippen LogP contribution is 2.36. The van der Waals surface area contributed by atoms with Crippen molar-refractivity contribution in [2.45, 2.75) is 17.1 Å². The minimum atomic E-state index is -0.379. The van der Waals surface area contributed by atoms with E-state index in [1.807, 2.05) is 12.1 Å². The van der Waals surface area contributed by atoms with Crippen molar-refractivity contribution >= 4 is 58.3 Å². The van der Waals surface area contributed by atoms with Crippen molar-refractivity contribution in [1.82, 2.24) is 10.2 Å². The summed E-state index contributed by atoms with van der Waals surface area (Å²) in [4.78, 5) is 39.7. The molecular formula is C22H19ClN2O5S2. The van der Waals surface area contributed by atoms with Gasteiger partial charge in [-0.1, -0.05) is 17.7 Å². The van der Waals surface area contributed by atoms with E-state index >= 15 is 0 Å². The Morgan fingerprint density at radius 1 is 1.22 bits per heavy atom. The molecule has 1 unspecified atom stereocenters. The second-order valence-electron chi connectivity index (χ2n) is 6.95. The number of thioether (sulfide) groups is 2. The van der Waals surface area contributed by atoms with Gasteiger partial charge in [-0.2, -0.15) is 0 Å². The van der Waals surface area contributed by atoms with Crippen molar-refractivity contribution in [2.75, 3.05) is 19.9 Å². The molecule has 1 atom stereocenters. The van der Waals surface area contributed by atoms with Crippen LogP contribution < -0.4 is 14.8 Å². The maximum atomic E-state index is 12.7. The summed E-state index contributed by atoms with van der Waals surface area (Å²) in [5.41, 5.74) is 0.737. The largest absolute Gasteiger partial charge is 0.454 e. The molecule has 10 heteroatoms. The number of nitrogens with zero attached hydrogens (tertiary/aromatic N) is 1. The molecule has 3 amide bonds. The van der Waals surface area contributed by atoms with Crippen LogP contribution in [0.5, 0.6) is 11.5 Å². The second-order valence-corrected chi connectivity index (χ2v) is 9.79. The number of rotatable bonds is 7. The van der Waals surface area contributed by atoms with Crippen LogP contribution in [0.15, 0.2) is 52.3 Å². The summed E-state index contributed by atoms with van der Waals surface area (Å²) in [6.07, 6.45) is 1.65. The average molecular weight is 491 g/mol. The second kappa shape index (κ2) is 9.89. The molecule has 0 spiro atoms. The van der Waals surface area contributed by atoms with Crippen LogP contribution in [-0.2, 0) is 9.59 Å². The maximum Gasteiger partial charge on any atom is 0.293 e. The number of benzene rings is 2. The molecule has 1 saturated heterocycles. The predicted molar refractivity (Wildman–Crippen MR) is 125 cm³/mol. The number of hydrogen-bond acceptors (Lipinski definition) is 7. The Kier molecular flexibility index (Phi) is 6.98. The molecule has 0 aliphatic carbocycles. The minimum absolute atomic E-state index is 0.104. The standard InChI is InChI=1S/C22H19ClN2O5S2/c1-13(31-16-5-3-15(23)4-6-16)20(26)24-8-9-25-21(27)19(32-22(25)28)11-14-2-7-17-18(10-14)30-12-29-17/h2-7,10-11,13H,8-9,12H2,1H3,(H,24,26)/b19-11-. The van der Waals surface area contributed by atoms with Gasteiger partial charge >= 0.3 is 0 Å². The van der Waals surface area contributed by atoms with Gasteiger partial charge in [0.15, 0.2) is 11.5 Å². The lowest BCUT2D eigenvalue weighted by Gasteiger charge is -2.15. The summed E-state index contributed by atoms with van der Waals surface area (Å²) < 4.78 is 10.6. The number of carbonyl (C=O) groups excluding carboxylic acids is 3. The van der Waals surface area contributed by atoms with Gasteiger partial charge in [0.1, 0.15) is 0 Å². The summed E-state index contributed by atoms with van der Waals surface area (Å²) in [5.74, 6) is 0.698. The first-order chi connectivity index (χ1) is 15.4. The van der Waals surface area contributed by atoms with Gasteiger partial charge in [0.2, 0.25) is 12.7 Å². The summed E-state index contributed by atoms with van der Waals surface area (Å²) in [6, 6.07) is 12.6. The lowest BCUT2D eigenvalue weighted by atomic mass is 10.2. The zero-order chi connectivity index (χ0) is 22.7. The molecule has 2 aromatic carbocycles. The average Bonchev–Trinajstić information content (AvgIpc) is 3.34. The van der Waals surface area contributed by atoms with Gasteiger partial charge in [-0.25, -0.2) is 0 Å². The van der Waals surface area contributed by atoms with Crippen molar-refractivity contribution in [3.8, 4) is 11.5 Å². The van der Waals surface area contributed by atoms with E-state index in [4.69, 9.17) is 21.1 Å². The van der Waals surface area contributed by atoms with Crippen molar-refractivity contribution in [3.05, 3.63) is 58.0 Å². The molecule has 1 fully saturated rings. The van der Waals surface area contributed by atoms with Gasteiger partial charge in [0.05, 0.1) is 10.2 Å². The topological polar surface area (TPSA) is 84.9 Å². The maximum absolute atomic E-state index is 12.7. The van der Waals surface area contributed by atoms with Gasteiger partial charge in [-0.3, -0.25) is 19.3 Å². The molecule has 32 heavy (non-hydrogen) atoms. The van der Waals surface area contributed by atoms with Crippen LogP contribution in [0.2, 0.25) is 5.02 Å². The molecule has 2 aromatic rings. The molecule has 7 nitrogen and oxygen atoms in total. The highest BCUT2D eigenvalue weighted by atomic mass is 35.5. The Bertz CT molecular complexity index is 1090. The Morgan fingerprint density at radius 3 is 2.75 bits per heavy atom. The number of nitrogens with one attached hydrogen (secondary N) is 1. The predicted octanol–water partition coefficient (Wildman–Crippen LogP) is 4.40. The van der Waals surface area contributed by atoms with Gasteiger partial charge in [-0.05, 0) is 66.7 Å². The molecule has 2 heterocycles. The Balaban J connectivity index is 1.30. The van der Waals surface area contributed by atoms with E-state index in [1.165, 1.54) is 11.8 Å². The third kappa shape index (κ3) is 5.23. The highest BCUT2D eigenvalue weighted by Gasteiger charge is 2.34. The van der Waals surface area contributed by atoms with Gasteiger partial charge in [0.25, 0.3) is 11.1 Å². The Hall–Kier alpha value is -2.62. The highest BCUT2D eigenvalue weighted by molar-refractivity contribution is 8.18. The van der Waals surface area contributed by atoms with Crippen LogP contribution in [0.3, 0.4) is 0 Å². The smallest absolute Gasteiger partial charge is 0.293 e. The number of halogens is 1. The van der Waals surface area contributed by atoms with Crippen molar-refractivity contribution in [3.63, 3.8) is 0 Å². The summed E-state index contributed by atoms with van der Waals surface area (Å²) in [6.45, 7) is 2.24. The van der Waals surface area contributed by atoms with Crippen molar-refractivity contribution in [1.29, 1.82) is 0 Å². The summed E-state index contributed by atoms with van der Waals surface area (Å²) in [5, 5.41) is 2.72. The van der Waals surface area contributed by atoms with E-state index in [-0.39, 0.29) is 42.2 Å². The minimum Gasteiger partial charge on any atom is -0.454 e. The number of fused-ring (bicyclic) bond motifs is 1. The fraction of sp³-hybridized carbons (Fsp3) is 0.227. The quantitative estimate of drug-likeness (QED) is 0.454.